The first kappa shape index (κ1) is 15.7. The number of nitrogen functional groups attached to an aromatic ring is 1. The van der Waals surface area contributed by atoms with E-state index in [4.69, 9.17) is 5.73 Å². The molecule has 1 amide bonds. The summed E-state index contributed by atoms with van der Waals surface area (Å²) in [6.45, 7) is 8.82. The number of ketones is 1. The van der Waals surface area contributed by atoms with Gasteiger partial charge in [0.2, 0.25) is 0 Å². The summed E-state index contributed by atoms with van der Waals surface area (Å²) in [6, 6.07) is 0. The topological polar surface area (TPSA) is 63.4 Å². The number of rotatable bonds is 6. The van der Waals surface area contributed by atoms with Gasteiger partial charge in [0.05, 0.1) is 15.4 Å². The van der Waals surface area contributed by atoms with E-state index in [0.29, 0.717) is 15.4 Å². The van der Waals surface area contributed by atoms with E-state index >= 15 is 0 Å². The van der Waals surface area contributed by atoms with Crippen molar-refractivity contribution in [2.75, 3.05) is 18.8 Å². The number of carbonyl (C=O) groups is 2. The average molecular weight is 282 g/mol. The second-order valence-corrected chi connectivity index (χ2v) is 5.70. The van der Waals surface area contributed by atoms with Gasteiger partial charge in [0.25, 0.3) is 5.91 Å². The largest absolute Gasteiger partial charge is 0.390 e. The molecule has 5 heteroatoms. The number of nitrogens with two attached hydrogens (primary N) is 1. The lowest BCUT2D eigenvalue weighted by molar-refractivity contribution is 0.0756. The average Bonchev–Trinajstić information content (AvgIpc) is 2.64. The lowest BCUT2D eigenvalue weighted by atomic mass is 10.1. The Balaban J connectivity index is 3.14. The van der Waals surface area contributed by atoms with Crippen molar-refractivity contribution in [2.24, 2.45) is 0 Å². The number of Topliss-reactive ketones (excluding diaryl/α,β-unsaturated/α-hetero) is 1. The van der Waals surface area contributed by atoms with Gasteiger partial charge in [-0.3, -0.25) is 9.59 Å². The Labute approximate surface area is 118 Å². The highest BCUT2D eigenvalue weighted by Gasteiger charge is 2.24. The Kier molecular flexibility index (Phi) is 5.54. The molecule has 2 N–H and O–H groups in total. The van der Waals surface area contributed by atoms with Crippen LogP contribution >= 0.6 is 11.3 Å². The normalized spacial score (nSPS) is 10.5. The fourth-order valence-corrected chi connectivity index (χ4v) is 3.11. The minimum absolute atomic E-state index is 0.0363. The van der Waals surface area contributed by atoms with E-state index in [0.717, 1.165) is 31.5 Å². The molecule has 0 bridgehead atoms. The van der Waals surface area contributed by atoms with Gasteiger partial charge in [0.15, 0.2) is 5.78 Å². The van der Waals surface area contributed by atoms with Gasteiger partial charge in [0, 0.05) is 13.1 Å². The molecule has 0 aliphatic carbocycles. The molecule has 0 spiro atoms. The Hall–Kier alpha value is -1.36. The predicted octanol–water partition coefficient (Wildman–Crippen LogP) is 3.10. The smallest absolute Gasteiger partial charge is 0.257 e. The Morgan fingerprint density at radius 1 is 1.21 bits per heavy atom. The maximum atomic E-state index is 12.5. The van der Waals surface area contributed by atoms with E-state index in [-0.39, 0.29) is 11.7 Å². The van der Waals surface area contributed by atoms with Crippen LogP contribution in [0.25, 0.3) is 0 Å². The summed E-state index contributed by atoms with van der Waals surface area (Å²) in [5.41, 5.74) is 7.16. The number of carbonyl (C=O) groups excluding carboxylic acids is 2. The Bertz CT molecular complexity index is 474. The fraction of sp³-hybridized carbons (Fsp3) is 0.571. The third kappa shape index (κ3) is 3.35. The summed E-state index contributed by atoms with van der Waals surface area (Å²) in [4.78, 5) is 26.5. The van der Waals surface area contributed by atoms with Crippen molar-refractivity contribution in [3.8, 4) is 0 Å². The molecule has 4 nitrogen and oxygen atoms in total. The highest BCUT2D eigenvalue weighted by molar-refractivity contribution is 7.18. The first-order valence-corrected chi connectivity index (χ1v) is 7.44. The van der Waals surface area contributed by atoms with Gasteiger partial charge in [0.1, 0.15) is 0 Å². The van der Waals surface area contributed by atoms with Gasteiger partial charge in [-0.15, -0.1) is 11.3 Å². The van der Waals surface area contributed by atoms with Crippen molar-refractivity contribution in [1.29, 1.82) is 0 Å². The van der Waals surface area contributed by atoms with Gasteiger partial charge >= 0.3 is 0 Å². The van der Waals surface area contributed by atoms with Crippen LogP contribution in [0.5, 0.6) is 0 Å². The maximum Gasteiger partial charge on any atom is 0.257 e. The Morgan fingerprint density at radius 3 is 2.11 bits per heavy atom. The van der Waals surface area contributed by atoms with E-state index in [1.807, 2.05) is 18.7 Å². The zero-order valence-corrected chi connectivity index (χ0v) is 12.9. The van der Waals surface area contributed by atoms with Gasteiger partial charge in [-0.05, 0) is 32.3 Å². The van der Waals surface area contributed by atoms with Crippen LogP contribution in [0.2, 0.25) is 0 Å². The van der Waals surface area contributed by atoms with Crippen molar-refractivity contribution in [2.45, 2.75) is 40.5 Å². The molecule has 1 rings (SSSR count). The van der Waals surface area contributed by atoms with Crippen LogP contribution in [-0.2, 0) is 0 Å². The second kappa shape index (κ2) is 6.70. The van der Waals surface area contributed by atoms with Crippen LogP contribution in [0.4, 0.5) is 5.00 Å². The lowest BCUT2D eigenvalue weighted by Gasteiger charge is -2.21. The first-order chi connectivity index (χ1) is 8.93. The summed E-state index contributed by atoms with van der Waals surface area (Å²) in [5, 5.41) is 0.449. The monoisotopic (exact) mass is 282 g/mol. The van der Waals surface area contributed by atoms with E-state index in [9.17, 15) is 9.59 Å². The number of nitrogens with zero attached hydrogens (tertiary/aromatic N) is 1. The lowest BCUT2D eigenvalue weighted by Crippen LogP contribution is -2.33. The van der Waals surface area contributed by atoms with Crippen molar-refractivity contribution in [1.82, 2.24) is 4.90 Å². The van der Waals surface area contributed by atoms with Crippen LogP contribution in [0.3, 0.4) is 0 Å². The molecule has 0 radical (unpaired) electrons. The molecule has 0 fully saturated rings. The van der Waals surface area contributed by atoms with Crippen LogP contribution in [-0.4, -0.2) is 29.7 Å². The number of thiophene rings is 1. The molecule has 1 aromatic rings. The summed E-state index contributed by atoms with van der Waals surface area (Å²) < 4.78 is 0. The SMILES string of the molecule is CCCN(CCC)C(=O)c1c(N)sc(C(C)=O)c1C. The standard InChI is InChI=1S/C14H22N2O2S/c1-5-7-16(8-6-2)14(18)11-9(3)12(10(4)17)19-13(11)15/h5-8,15H2,1-4H3. The third-order valence-corrected chi connectivity index (χ3v) is 4.20. The molecule has 106 valence electrons. The highest BCUT2D eigenvalue weighted by atomic mass is 32.1. The molecule has 0 unspecified atom stereocenters. The molecular formula is C14H22N2O2S. The van der Waals surface area contributed by atoms with E-state index in [2.05, 4.69) is 0 Å². The molecule has 0 atom stereocenters. The van der Waals surface area contributed by atoms with Crippen molar-refractivity contribution >= 4 is 28.0 Å². The fourth-order valence-electron chi connectivity index (χ4n) is 2.15. The Morgan fingerprint density at radius 2 is 1.74 bits per heavy atom. The van der Waals surface area contributed by atoms with E-state index in [1.165, 1.54) is 18.3 Å². The quantitative estimate of drug-likeness (QED) is 0.815. The second-order valence-electron chi connectivity index (χ2n) is 4.64. The minimum atomic E-state index is -0.0533. The third-order valence-electron chi connectivity index (χ3n) is 2.98. The maximum absolute atomic E-state index is 12.5. The molecule has 0 saturated heterocycles. The minimum Gasteiger partial charge on any atom is -0.390 e. The first-order valence-electron chi connectivity index (χ1n) is 6.63. The molecule has 1 aromatic heterocycles. The number of anilines is 1. The van der Waals surface area contributed by atoms with Gasteiger partial charge < -0.3 is 10.6 Å². The van der Waals surface area contributed by atoms with Crippen LogP contribution in [0.15, 0.2) is 0 Å². The zero-order chi connectivity index (χ0) is 14.6. The van der Waals surface area contributed by atoms with Gasteiger partial charge in [-0.25, -0.2) is 0 Å². The molecule has 1 heterocycles. The molecule has 0 aliphatic heterocycles. The number of hydrogen-bond acceptors (Lipinski definition) is 4. The zero-order valence-electron chi connectivity index (χ0n) is 12.1. The molecule has 0 aliphatic rings. The summed E-state index contributed by atoms with van der Waals surface area (Å²) in [5.74, 6) is -0.0896. The highest BCUT2D eigenvalue weighted by Crippen LogP contribution is 2.31. The van der Waals surface area contributed by atoms with E-state index < -0.39 is 0 Å². The van der Waals surface area contributed by atoms with Crippen molar-refractivity contribution in [3.05, 3.63) is 16.0 Å². The van der Waals surface area contributed by atoms with Crippen molar-refractivity contribution in [3.63, 3.8) is 0 Å². The van der Waals surface area contributed by atoms with Crippen LogP contribution in [0, 0.1) is 6.92 Å². The summed E-state index contributed by atoms with van der Waals surface area (Å²) in [6.07, 6.45) is 1.82. The molecule has 0 saturated carbocycles. The number of hydrogen-bond donors (Lipinski definition) is 1. The van der Waals surface area contributed by atoms with Crippen LogP contribution < -0.4 is 5.73 Å². The summed E-state index contributed by atoms with van der Waals surface area (Å²) >= 11 is 1.21. The molecule has 0 aromatic carbocycles. The van der Waals surface area contributed by atoms with Gasteiger partial charge in [-0.1, -0.05) is 13.8 Å². The molecular weight excluding hydrogens is 260 g/mol. The predicted molar refractivity (Wildman–Crippen MR) is 80.0 cm³/mol. The number of amides is 1. The van der Waals surface area contributed by atoms with Crippen LogP contribution in [0.1, 0.15) is 59.2 Å². The van der Waals surface area contributed by atoms with E-state index in [1.54, 1.807) is 6.92 Å². The molecule has 19 heavy (non-hydrogen) atoms. The van der Waals surface area contributed by atoms with Gasteiger partial charge in [-0.2, -0.15) is 0 Å². The summed E-state index contributed by atoms with van der Waals surface area (Å²) in [7, 11) is 0. The van der Waals surface area contributed by atoms with Crippen molar-refractivity contribution < 1.29 is 9.59 Å².